The number of hydrogen-bond donors (Lipinski definition) is 10. The van der Waals surface area contributed by atoms with E-state index in [0.29, 0.717) is 87.9 Å². The Morgan fingerprint density at radius 2 is 1.25 bits per heavy atom. The fraction of sp³-hybridized carbons (Fsp3) is 0.500. The van der Waals surface area contributed by atoms with Crippen LogP contribution in [0.1, 0.15) is 71.3 Å². The number of benzene rings is 3. The summed E-state index contributed by atoms with van der Waals surface area (Å²) in [5.74, 6) is -4.63. The van der Waals surface area contributed by atoms with Crippen LogP contribution in [0.4, 0.5) is 5.69 Å². The standard InChI is InChI=1S/C31H40N6O2.C31H49N5O13S/c1-31(2,30-34-35-36-37(30)20-12-10-18-28(38)32-3)19-11-13-21-39-29-23-26(24-14-6-4-7-15-24)22-27(33-29)25-16-8-5-9-17-25;1-2-47-12-13-49-15-14-48-11-3-8-32-31(50)33-24-6-4-23(5-7-24)16-25(36(21-29(43)44)22-30(45)46)17-34(18-26(37)38)9-10-35(19-27(39)40)20-28(41)42/h4-9,14-17,22-23,35-36H,10-13,18-21H2,1-3H3,(H,32,38);4-7,25H,2-3,8-22H2,1H3,(H,37,38)(H,39,40)(H,41,42)(H,43,44)(H,45,46)(H2,32,33,50)/t;25-/m.0/s1. The van der Waals surface area contributed by atoms with E-state index in [2.05, 4.69) is 81.3 Å². The van der Waals surface area contributed by atoms with E-state index >= 15 is 0 Å². The number of pyridine rings is 1. The minimum atomic E-state index is -1.29. The summed E-state index contributed by atoms with van der Waals surface area (Å²) >= 11 is 5.36. The molecule has 488 valence electrons. The number of aliphatic carboxylic acids is 5. The maximum absolute atomic E-state index is 11.7. The zero-order chi connectivity index (χ0) is 64.8. The summed E-state index contributed by atoms with van der Waals surface area (Å²) in [6.45, 7) is 8.18. The third kappa shape index (κ3) is 30.7. The molecule has 1 aliphatic heterocycles. The van der Waals surface area contributed by atoms with Crippen LogP contribution in [-0.2, 0) is 49.4 Å². The Labute approximate surface area is 525 Å². The van der Waals surface area contributed by atoms with Gasteiger partial charge in [-0.15, -0.1) is 10.6 Å². The summed E-state index contributed by atoms with van der Waals surface area (Å²) in [7, 11) is 1.67. The van der Waals surface area contributed by atoms with Gasteiger partial charge in [-0.1, -0.05) is 86.6 Å². The zero-order valence-electron chi connectivity index (χ0n) is 51.4. The van der Waals surface area contributed by atoms with Crippen molar-refractivity contribution in [2.75, 3.05) is 124 Å². The average molecular weight is 1260 g/mol. The number of amides is 1. The van der Waals surface area contributed by atoms with Crippen molar-refractivity contribution in [2.45, 2.75) is 78.2 Å². The summed E-state index contributed by atoms with van der Waals surface area (Å²) in [5.41, 5.74) is 11.5. The van der Waals surface area contributed by atoms with Crippen molar-refractivity contribution < 1.29 is 73.2 Å². The molecule has 0 bridgehead atoms. The molecule has 0 fully saturated rings. The summed E-state index contributed by atoms with van der Waals surface area (Å²) in [5, 5.41) is 62.6. The predicted octanol–water partition coefficient (Wildman–Crippen LogP) is 5.22. The number of ether oxygens (including phenoxy) is 4. The second-order valence-electron chi connectivity index (χ2n) is 21.5. The SMILES string of the molecule is CCOCCOCCOCCCNC(=S)Nc1ccc(C[C@@H](CN(CCN(CC(=O)O)CC(=O)O)CC(=O)O)N(CC(=O)O)CC(=O)O)cc1.CNC(=O)CCCCN1NNN=C1C(C)(C)CCCCOc1cc(-c2ccccc2)cc(-c2ccccc2)n1. The van der Waals surface area contributed by atoms with Crippen LogP contribution >= 0.6 is 12.2 Å². The number of carbonyl (C=O) groups excluding carboxylic acids is 1. The molecule has 89 heavy (non-hydrogen) atoms. The highest BCUT2D eigenvalue weighted by Gasteiger charge is 2.33. The monoisotopic (exact) mass is 1260 g/mol. The van der Waals surface area contributed by atoms with Gasteiger partial charge >= 0.3 is 29.8 Å². The highest BCUT2D eigenvalue weighted by molar-refractivity contribution is 7.80. The van der Waals surface area contributed by atoms with Gasteiger partial charge < -0.3 is 60.4 Å². The van der Waals surface area contributed by atoms with E-state index in [-0.39, 0.29) is 37.4 Å². The number of hydrazone groups is 1. The average Bonchev–Trinajstić information content (AvgIpc) is 3.99. The molecule has 0 radical (unpaired) electrons. The Kier molecular flexibility index (Phi) is 34.2. The Balaban J connectivity index is 0.000000390. The van der Waals surface area contributed by atoms with Crippen LogP contribution in [0.15, 0.2) is 102 Å². The van der Waals surface area contributed by atoms with Crippen molar-refractivity contribution in [2.24, 2.45) is 10.5 Å². The maximum Gasteiger partial charge on any atom is 0.317 e. The topological polar surface area (TPSA) is 339 Å². The summed E-state index contributed by atoms with van der Waals surface area (Å²) in [6, 6.07) is 30.8. The Morgan fingerprint density at radius 3 is 1.85 bits per heavy atom. The number of carboxylic acids is 5. The molecule has 0 aliphatic carbocycles. The molecule has 0 saturated heterocycles. The third-order valence-corrected chi connectivity index (χ3v) is 14.0. The van der Waals surface area contributed by atoms with Crippen molar-refractivity contribution in [3.05, 3.63) is 103 Å². The number of unbranched alkanes of at least 4 members (excludes halogenated alkanes) is 2. The number of amidine groups is 1. The lowest BCUT2D eigenvalue weighted by molar-refractivity contribution is -0.144. The van der Waals surface area contributed by atoms with E-state index in [0.717, 1.165) is 71.8 Å². The van der Waals surface area contributed by atoms with Gasteiger partial charge in [-0.25, -0.2) is 10.5 Å². The Morgan fingerprint density at radius 1 is 0.663 bits per heavy atom. The number of anilines is 1. The molecule has 2 heterocycles. The van der Waals surface area contributed by atoms with Gasteiger partial charge in [0.25, 0.3) is 0 Å². The number of carbonyl (C=O) groups is 6. The van der Waals surface area contributed by atoms with Gasteiger partial charge in [-0.3, -0.25) is 48.5 Å². The zero-order valence-corrected chi connectivity index (χ0v) is 52.2. The van der Waals surface area contributed by atoms with Gasteiger partial charge in [-0.05, 0) is 99.0 Å². The molecule has 0 saturated carbocycles. The molecule has 3 aromatic carbocycles. The largest absolute Gasteiger partial charge is 0.480 e. The molecule has 1 aliphatic rings. The molecule has 4 aromatic rings. The molecule has 26 nitrogen and oxygen atoms in total. The van der Waals surface area contributed by atoms with Gasteiger partial charge in [0.1, 0.15) is 5.84 Å². The van der Waals surface area contributed by atoms with Gasteiger partial charge in [0.2, 0.25) is 11.8 Å². The van der Waals surface area contributed by atoms with Crippen LogP contribution in [0.5, 0.6) is 5.88 Å². The summed E-state index contributed by atoms with van der Waals surface area (Å²) < 4.78 is 22.3. The third-order valence-electron chi connectivity index (χ3n) is 13.8. The highest BCUT2D eigenvalue weighted by Crippen LogP contribution is 2.31. The fourth-order valence-electron chi connectivity index (χ4n) is 9.41. The quantitative estimate of drug-likeness (QED) is 0.0200. The molecule has 1 atom stereocenters. The first-order valence-corrected chi connectivity index (χ1v) is 30.1. The van der Waals surface area contributed by atoms with Crippen molar-refractivity contribution in [3.63, 3.8) is 0 Å². The van der Waals surface area contributed by atoms with Gasteiger partial charge in [-0.2, -0.15) is 0 Å². The van der Waals surface area contributed by atoms with E-state index in [9.17, 15) is 44.1 Å². The van der Waals surface area contributed by atoms with E-state index in [1.807, 2.05) is 49.4 Å². The van der Waals surface area contributed by atoms with Crippen LogP contribution in [0, 0.1) is 5.41 Å². The first kappa shape index (κ1) is 73.6. The van der Waals surface area contributed by atoms with E-state index in [1.165, 1.54) is 9.80 Å². The Bertz CT molecular complexity index is 2730. The van der Waals surface area contributed by atoms with Gasteiger partial charge in [0.05, 0.1) is 71.5 Å². The van der Waals surface area contributed by atoms with E-state index in [1.54, 1.807) is 31.3 Å². The number of rotatable bonds is 44. The molecule has 0 unspecified atom stereocenters. The number of carboxylic acid groups (broad SMARTS) is 5. The number of hydrogen-bond acceptors (Lipinski definition) is 19. The normalized spacial score (nSPS) is 12.4. The molecule has 1 aromatic heterocycles. The van der Waals surface area contributed by atoms with Gasteiger partial charge in [0.15, 0.2) is 5.11 Å². The predicted molar refractivity (Wildman–Crippen MR) is 340 cm³/mol. The number of thiocarbonyl (C=S) groups is 1. The molecule has 10 N–H and O–H groups in total. The lowest BCUT2D eigenvalue weighted by Crippen LogP contribution is -2.51. The Hall–Kier alpha value is -7.89. The summed E-state index contributed by atoms with van der Waals surface area (Å²) in [6.07, 6.45) is 6.02. The van der Waals surface area contributed by atoms with Crippen LogP contribution in [0.2, 0.25) is 0 Å². The van der Waals surface area contributed by atoms with Crippen molar-refractivity contribution >= 4 is 64.6 Å². The molecular formula is C62H89N11O15S. The van der Waals surface area contributed by atoms with E-state index in [4.69, 9.17) is 46.4 Å². The van der Waals surface area contributed by atoms with Gasteiger partial charge in [0, 0.05) is 88.2 Å². The molecular weight excluding hydrogens is 1170 g/mol. The smallest absolute Gasteiger partial charge is 0.317 e. The number of nitrogens with zero attached hydrogens (tertiary/aromatic N) is 6. The molecule has 5 rings (SSSR count). The van der Waals surface area contributed by atoms with Crippen LogP contribution in [0.3, 0.4) is 0 Å². The van der Waals surface area contributed by atoms with Crippen molar-refractivity contribution in [1.82, 2.24) is 46.4 Å². The number of aromatic nitrogens is 1. The molecule has 27 heteroatoms. The second kappa shape index (κ2) is 41.4. The summed E-state index contributed by atoms with van der Waals surface area (Å²) in [4.78, 5) is 77.5. The first-order valence-electron chi connectivity index (χ1n) is 29.7. The second-order valence-corrected chi connectivity index (χ2v) is 21.9. The first-order chi connectivity index (χ1) is 42.7. The molecule has 0 spiro atoms. The maximum atomic E-state index is 11.7. The van der Waals surface area contributed by atoms with Crippen LogP contribution < -0.4 is 31.8 Å². The number of hydrazine groups is 2. The number of nitrogens with one attached hydrogen (secondary N) is 5. The minimum Gasteiger partial charge on any atom is -0.480 e. The van der Waals surface area contributed by atoms with Crippen molar-refractivity contribution in [3.8, 4) is 28.3 Å². The molecule has 1 amide bonds. The van der Waals surface area contributed by atoms with Crippen LogP contribution in [-0.4, -0.2) is 222 Å². The lowest BCUT2D eigenvalue weighted by Gasteiger charge is -2.34. The minimum absolute atomic E-state index is 0.0808. The van der Waals surface area contributed by atoms with E-state index < -0.39 is 68.6 Å². The van der Waals surface area contributed by atoms with Crippen LogP contribution in [0.25, 0.3) is 22.4 Å². The lowest BCUT2D eigenvalue weighted by atomic mass is 9.85. The highest BCUT2D eigenvalue weighted by atomic mass is 32.1. The fourth-order valence-corrected chi connectivity index (χ4v) is 9.63. The van der Waals surface area contributed by atoms with Crippen molar-refractivity contribution in [1.29, 1.82) is 0 Å².